The van der Waals surface area contributed by atoms with E-state index >= 15 is 0 Å². The van der Waals surface area contributed by atoms with Crippen LogP contribution in [0, 0.1) is 17.8 Å². The van der Waals surface area contributed by atoms with Crippen LogP contribution in [0.1, 0.15) is 19.3 Å². The quantitative estimate of drug-likeness (QED) is 0.706. The molecule has 3 rings (SSSR count). The number of sulfone groups is 1. The number of nitrogens with zero attached hydrogens (tertiary/aromatic N) is 1. The van der Waals surface area contributed by atoms with Crippen LogP contribution in [-0.2, 0) is 19.4 Å². The Morgan fingerprint density at radius 1 is 1.33 bits per heavy atom. The van der Waals surface area contributed by atoms with E-state index in [0.29, 0.717) is 31.4 Å². The lowest BCUT2D eigenvalue weighted by molar-refractivity contribution is -0.139. The van der Waals surface area contributed by atoms with Crippen LogP contribution >= 0.6 is 0 Å². The first-order chi connectivity index (χ1) is 10.00. The van der Waals surface area contributed by atoms with Gasteiger partial charge >= 0.3 is 0 Å². The molecule has 2 aliphatic carbocycles. The van der Waals surface area contributed by atoms with E-state index in [4.69, 9.17) is 4.74 Å². The molecule has 2 bridgehead atoms. The highest BCUT2D eigenvalue weighted by molar-refractivity contribution is 7.91. The Bertz CT molecular complexity index is 542. The molecule has 1 saturated carbocycles. The summed E-state index contributed by atoms with van der Waals surface area (Å²) in [6.07, 6.45) is 6.94. The molecule has 0 spiro atoms. The van der Waals surface area contributed by atoms with Gasteiger partial charge in [-0.25, -0.2) is 8.42 Å². The SMILES string of the molecule is COCCN(C(=O)C1CC2C=CC1C2)C1CCS(=O)(=O)C1. The van der Waals surface area contributed by atoms with Crippen LogP contribution < -0.4 is 0 Å². The van der Waals surface area contributed by atoms with Crippen molar-refractivity contribution in [1.82, 2.24) is 4.90 Å². The van der Waals surface area contributed by atoms with Crippen molar-refractivity contribution in [1.29, 1.82) is 0 Å². The Morgan fingerprint density at radius 3 is 2.67 bits per heavy atom. The lowest BCUT2D eigenvalue weighted by Gasteiger charge is -2.32. The van der Waals surface area contributed by atoms with Gasteiger partial charge in [0, 0.05) is 25.6 Å². The number of carbonyl (C=O) groups is 1. The lowest BCUT2D eigenvalue weighted by atomic mass is 9.91. The number of hydrogen-bond donors (Lipinski definition) is 0. The molecule has 3 aliphatic rings. The van der Waals surface area contributed by atoms with E-state index < -0.39 is 9.84 Å². The van der Waals surface area contributed by atoms with E-state index in [1.165, 1.54) is 0 Å². The van der Waals surface area contributed by atoms with Gasteiger partial charge in [0.05, 0.1) is 18.1 Å². The third-order valence-corrected chi connectivity index (χ3v) is 6.82. The second-order valence-electron chi connectivity index (χ2n) is 6.47. The Hall–Kier alpha value is -0.880. The van der Waals surface area contributed by atoms with Crippen LogP contribution in [0.25, 0.3) is 0 Å². The first-order valence-electron chi connectivity index (χ1n) is 7.68. The average Bonchev–Trinajstić information content (AvgIpc) is 3.14. The summed E-state index contributed by atoms with van der Waals surface area (Å²) >= 11 is 0. The molecule has 2 fully saturated rings. The first-order valence-corrected chi connectivity index (χ1v) is 9.50. The van der Waals surface area contributed by atoms with Crippen molar-refractivity contribution in [2.75, 3.05) is 31.8 Å². The van der Waals surface area contributed by atoms with E-state index in [9.17, 15) is 13.2 Å². The van der Waals surface area contributed by atoms with Crippen LogP contribution in [0.4, 0.5) is 0 Å². The third kappa shape index (κ3) is 3.01. The van der Waals surface area contributed by atoms with E-state index in [-0.39, 0.29) is 29.4 Å². The van der Waals surface area contributed by atoms with Gasteiger partial charge in [0.25, 0.3) is 0 Å². The minimum Gasteiger partial charge on any atom is -0.383 e. The van der Waals surface area contributed by atoms with Gasteiger partial charge in [0.2, 0.25) is 5.91 Å². The van der Waals surface area contributed by atoms with Crippen molar-refractivity contribution in [2.45, 2.75) is 25.3 Å². The monoisotopic (exact) mass is 313 g/mol. The van der Waals surface area contributed by atoms with Gasteiger partial charge < -0.3 is 9.64 Å². The molecular weight excluding hydrogens is 290 g/mol. The molecule has 118 valence electrons. The van der Waals surface area contributed by atoms with Crippen LogP contribution in [0.3, 0.4) is 0 Å². The molecule has 0 aromatic rings. The number of allylic oxidation sites excluding steroid dienone is 2. The van der Waals surface area contributed by atoms with Gasteiger partial charge in [-0.3, -0.25) is 4.79 Å². The van der Waals surface area contributed by atoms with Crippen LogP contribution in [0.2, 0.25) is 0 Å². The maximum absolute atomic E-state index is 12.9. The Labute approximate surface area is 126 Å². The molecule has 1 heterocycles. The fraction of sp³-hybridized carbons (Fsp3) is 0.800. The highest BCUT2D eigenvalue weighted by Crippen LogP contribution is 2.44. The minimum absolute atomic E-state index is 0.0418. The molecule has 0 aromatic carbocycles. The molecule has 5 nitrogen and oxygen atoms in total. The number of amides is 1. The van der Waals surface area contributed by atoms with Gasteiger partial charge in [0.1, 0.15) is 0 Å². The van der Waals surface area contributed by atoms with E-state index in [0.717, 1.165) is 12.8 Å². The first kappa shape index (κ1) is 15.0. The zero-order chi connectivity index (χ0) is 15.0. The highest BCUT2D eigenvalue weighted by atomic mass is 32.2. The minimum atomic E-state index is -2.98. The number of rotatable bonds is 5. The molecule has 4 unspecified atom stereocenters. The van der Waals surface area contributed by atoms with E-state index in [2.05, 4.69) is 12.2 Å². The summed E-state index contributed by atoms with van der Waals surface area (Å²) in [6.45, 7) is 0.950. The average molecular weight is 313 g/mol. The Kier molecular flexibility index (Phi) is 4.10. The van der Waals surface area contributed by atoms with E-state index in [1.807, 2.05) is 0 Å². The number of methoxy groups -OCH3 is 1. The van der Waals surface area contributed by atoms with Gasteiger partial charge in [0.15, 0.2) is 9.84 Å². The summed E-state index contributed by atoms with van der Waals surface area (Å²) in [5.74, 6) is 1.38. The normalized spacial score (nSPS) is 36.2. The second kappa shape index (κ2) is 5.72. The number of fused-ring (bicyclic) bond motifs is 2. The fourth-order valence-corrected chi connectivity index (χ4v) is 5.69. The number of ether oxygens (including phenoxy) is 1. The second-order valence-corrected chi connectivity index (χ2v) is 8.70. The molecule has 4 atom stereocenters. The van der Waals surface area contributed by atoms with Crippen molar-refractivity contribution < 1.29 is 17.9 Å². The molecule has 6 heteroatoms. The predicted molar refractivity (Wildman–Crippen MR) is 79.5 cm³/mol. The van der Waals surface area contributed by atoms with Crippen LogP contribution in [-0.4, -0.2) is 57.0 Å². The molecule has 0 radical (unpaired) electrons. The lowest BCUT2D eigenvalue weighted by Crippen LogP contribution is -2.46. The van der Waals surface area contributed by atoms with Gasteiger partial charge in [-0.1, -0.05) is 12.2 Å². The molecule has 0 aromatic heterocycles. The number of carbonyl (C=O) groups excluding carboxylic acids is 1. The van der Waals surface area contributed by atoms with Crippen LogP contribution in [0.15, 0.2) is 12.2 Å². The number of hydrogen-bond acceptors (Lipinski definition) is 4. The molecule has 21 heavy (non-hydrogen) atoms. The van der Waals surface area contributed by atoms with Crippen molar-refractivity contribution in [3.8, 4) is 0 Å². The summed E-state index contributed by atoms with van der Waals surface area (Å²) in [4.78, 5) is 14.7. The molecule has 1 saturated heterocycles. The molecule has 0 N–H and O–H groups in total. The standard InChI is InChI=1S/C15H23NO4S/c1-20-6-5-16(13-4-7-21(18,19)10-13)15(17)14-9-11-2-3-12(14)8-11/h2-3,11-14H,4-10H2,1H3. The molecular formula is C15H23NO4S. The summed E-state index contributed by atoms with van der Waals surface area (Å²) < 4.78 is 28.5. The van der Waals surface area contributed by atoms with Gasteiger partial charge in [-0.2, -0.15) is 0 Å². The summed E-state index contributed by atoms with van der Waals surface area (Å²) in [6, 6.07) is -0.166. The van der Waals surface area contributed by atoms with Crippen molar-refractivity contribution >= 4 is 15.7 Å². The van der Waals surface area contributed by atoms with Crippen molar-refractivity contribution in [3.63, 3.8) is 0 Å². The largest absolute Gasteiger partial charge is 0.383 e. The van der Waals surface area contributed by atoms with Crippen molar-refractivity contribution in [3.05, 3.63) is 12.2 Å². The summed E-state index contributed by atoms with van der Waals surface area (Å²) in [5.41, 5.74) is 0. The Balaban J connectivity index is 1.73. The van der Waals surface area contributed by atoms with Crippen molar-refractivity contribution in [2.24, 2.45) is 17.8 Å². The van der Waals surface area contributed by atoms with Crippen LogP contribution in [0.5, 0.6) is 0 Å². The maximum atomic E-state index is 12.9. The van der Waals surface area contributed by atoms with E-state index in [1.54, 1.807) is 12.0 Å². The topological polar surface area (TPSA) is 63.7 Å². The zero-order valence-corrected chi connectivity index (χ0v) is 13.2. The zero-order valence-electron chi connectivity index (χ0n) is 12.4. The predicted octanol–water partition coefficient (Wildman–Crippen LogP) is 0.861. The molecule has 1 amide bonds. The summed E-state index contributed by atoms with van der Waals surface area (Å²) in [5, 5.41) is 0. The Morgan fingerprint density at radius 2 is 2.14 bits per heavy atom. The third-order valence-electron chi connectivity index (χ3n) is 5.06. The fourth-order valence-electron chi connectivity index (χ4n) is 3.96. The van der Waals surface area contributed by atoms with Gasteiger partial charge in [-0.05, 0) is 31.1 Å². The molecule has 1 aliphatic heterocycles. The summed E-state index contributed by atoms with van der Waals surface area (Å²) in [7, 11) is -1.38. The smallest absolute Gasteiger partial charge is 0.226 e. The van der Waals surface area contributed by atoms with Gasteiger partial charge in [-0.15, -0.1) is 0 Å². The highest BCUT2D eigenvalue weighted by Gasteiger charge is 2.44. The maximum Gasteiger partial charge on any atom is 0.226 e.